The molecule has 0 spiro atoms. The molecular formula is C23H32N4O4. The first-order chi connectivity index (χ1) is 14.8. The van der Waals surface area contributed by atoms with Crippen molar-refractivity contribution in [3.63, 3.8) is 0 Å². The van der Waals surface area contributed by atoms with E-state index in [0.717, 1.165) is 12.0 Å². The van der Waals surface area contributed by atoms with Crippen LogP contribution in [0.1, 0.15) is 45.5 Å². The Morgan fingerprint density at radius 1 is 1.19 bits per heavy atom. The number of aromatic nitrogens is 4. The van der Waals surface area contributed by atoms with Gasteiger partial charge in [0.1, 0.15) is 23.0 Å². The Morgan fingerprint density at radius 2 is 1.94 bits per heavy atom. The first kappa shape index (κ1) is 23.0. The zero-order valence-corrected chi connectivity index (χ0v) is 18.8. The van der Waals surface area contributed by atoms with Crippen molar-refractivity contribution in [2.24, 2.45) is 5.92 Å². The lowest BCUT2D eigenvalue weighted by Gasteiger charge is -2.37. The highest BCUT2D eigenvalue weighted by Gasteiger charge is 2.46. The van der Waals surface area contributed by atoms with E-state index in [9.17, 15) is 10.2 Å². The SMILES string of the molecule is COc1ccccc1C1=CC(c2nnnn2CCCOC(C)C)(C(C)C)C(O)=CC1O. The van der Waals surface area contributed by atoms with Crippen LogP contribution in [-0.4, -0.2) is 56.3 Å². The molecule has 0 radical (unpaired) electrons. The van der Waals surface area contributed by atoms with Gasteiger partial charge in [-0.25, -0.2) is 4.68 Å². The standard InChI is InChI=1S/C23H32N4O4/c1-15(2)23(22-24-25-26-27(22)11-8-12-31-16(3)4)14-18(19(28)13-21(23)29)17-9-6-7-10-20(17)30-5/h6-7,9-10,13-16,19,28-29H,8,11-12H2,1-5H3. The highest BCUT2D eigenvalue weighted by molar-refractivity contribution is 5.78. The Kier molecular flexibility index (Phi) is 7.12. The minimum Gasteiger partial charge on any atom is -0.511 e. The van der Waals surface area contributed by atoms with Gasteiger partial charge in [-0.3, -0.25) is 0 Å². The number of hydrogen-bond acceptors (Lipinski definition) is 7. The van der Waals surface area contributed by atoms with E-state index >= 15 is 0 Å². The summed E-state index contributed by atoms with van der Waals surface area (Å²) in [4.78, 5) is 0. The van der Waals surface area contributed by atoms with E-state index in [1.165, 1.54) is 6.08 Å². The number of nitrogens with zero attached hydrogens (tertiary/aromatic N) is 4. The van der Waals surface area contributed by atoms with E-state index < -0.39 is 11.5 Å². The molecule has 31 heavy (non-hydrogen) atoms. The Bertz CT molecular complexity index is 951. The second kappa shape index (κ2) is 9.62. The molecule has 2 atom stereocenters. The molecule has 0 bridgehead atoms. The van der Waals surface area contributed by atoms with Gasteiger partial charge in [-0.2, -0.15) is 0 Å². The lowest BCUT2D eigenvalue weighted by atomic mass is 9.69. The Balaban J connectivity index is 2.06. The maximum Gasteiger partial charge on any atom is 0.169 e. The van der Waals surface area contributed by atoms with Crippen LogP contribution in [-0.2, 0) is 16.7 Å². The Hall–Kier alpha value is -2.71. The molecule has 3 rings (SSSR count). The zero-order chi connectivity index (χ0) is 22.6. The number of allylic oxidation sites excluding steroid dienone is 1. The zero-order valence-electron chi connectivity index (χ0n) is 18.8. The highest BCUT2D eigenvalue weighted by Crippen LogP contribution is 2.45. The molecular weight excluding hydrogens is 396 g/mol. The number of aliphatic hydroxyl groups is 2. The average molecular weight is 429 g/mol. The van der Waals surface area contributed by atoms with Gasteiger partial charge >= 0.3 is 0 Å². The lowest BCUT2D eigenvalue weighted by Crippen LogP contribution is -2.40. The van der Waals surface area contributed by atoms with Crippen molar-refractivity contribution in [3.8, 4) is 5.75 Å². The molecule has 1 heterocycles. The number of aliphatic hydroxyl groups excluding tert-OH is 2. The van der Waals surface area contributed by atoms with Crippen LogP contribution in [0.2, 0.25) is 0 Å². The summed E-state index contributed by atoms with van der Waals surface area (Å²) in [6, 6.07) is 7.50. The summed E-state index contributed by atoms with van der Waals surface area (Å²) in [6.45, 7) is 9.14. The van der Waals surface area contributed by atoms with Gasteiger partial charge in [0.25, 0.3) is 0 Å². The fraction of sp³-hybridized carbons (Fsp3) is 0.522. The predicted octanol–water partition coefficient (Wildman–Crippen LogP) is 3.29. The third-order valence-corrected chi connectivity index (χ3v) is 5.64. The van der Waals surface area contributed by atoms with Gasteiger partial charge in [-0.05, 0) is 54.3 Å². The molecule has 0 saturated carbocycles. The Labute approximate surface area is 183 Å². The van der Waals surface area contributed by atoms with Gasteiger partial charge in [0.15, 0.2) is 5.82 Å². The van der Waals surface area contributed by atoms with Gasteiger partial charge in [0.05, 0.1) is 13.2 Å². The van der Waals surface area contributed by atoms with Crippen molar-refractivity contribution in [2.75, 3.05) is 13.7 Å². The summed E-state index contributed by atoms with van der Waals surface area (Å²) >= 11 is 0. The summed E-state index contributed by atoms with van der Waals surface area (Å²) in [6.07, 6.45) is 3.26. The predicted molar refractivity (Wildman–Crippen MR) is 118 cm³/mol. The molecule has 2 aromatic rings. The monoisotopic (exact) mass is 428 g/mol. The lowest BCUT2D eigenvalue weighted by molar-refractivity contribution is 0.0738. The molecule has 2 N–H and O–H groups in total. The van der Waals surface area contributed by atoms with Crippen LogP contribution in [0.5, 0.6) is 5.75 Å². The van der Waals surface area contributed by atoms with Crippen LogP contribution in [0.4, 0.5) is 0 Å². The number of aryl methyl sites for hydroxylation is 1. The second-order valence-electron chi connectivity index (χ2n) is 8.32. The first-order valence-corrected chi connectivity index (χ1v) is 10.6. The van der Waals surface area contributed by atoms with Crippen LogP contribution in [0.3, 0.4) is 0 Å². The molecule has 0 aliphatic heterocycles. The molecule has 8 heteroatoms. The third-order valence-electron chi connectivity index (χ3n) is 5.64. The van der Waals surface area contributed by atoms with Crippen LogP contribution in [0.25, 0.3) is 5.57 Å². The van der Waals surface area contributed by atoms with Gasteiger partial charge in [0, 0.05) is 18.7 Å². The topological polar surface area (TPSA) is 103 Å². The van der Waals surface area contributed by atoms with Gasteiger partial charge in [-0.15, -0.1) is 5.10 Å². The van der Waals surface area contributed by atoms with E-state index in [-0.39, 0.29) is 17.8 Å². The van der Waals surface area contributed by atoms with E-state index in [1.807, 2.05) is 58.0 Å². The fourth-order valence-corrected chi connectivity index (χ4v) is 3.99. The number of tetrazole rings is 1. The van der Waals surface area contributed by atoms with E-state index in [4.69, 9.17) is 9.47 Å². The number of methoxy groups -OCH3 is 1. The molecule has 1 aliphatic rings. The maximum atomic E-state index is 11.1. The quantitative estimate of drug-likeness (QED) is 0.591. The number of ether oxygens (including phenoxy) is 2. The van der Waals surface area contributed by atoms with Crippen molar-refractivity contribution in [2.45, 2.75) is 58.3 Å². The molecule has 1 aliphatic carbocycles. The van der Waals surface area contributed by atoms with Gasteiger partial charge in [-0.1, -0.05) is 38.1 Å². The molecule has 2 unspecified atom stereocenters. The van der Waals surface area contributed by atoms with Crippen molar-refractivity contribution in [1.82, 2.24) is 20.2 Å². The summed E-state index contributed by atoms with van der Waals surface area (Å²) in [5, 5.41) is 34.2. The van der Waals surface area contributed by atoms with E-state index in [2.05, 4.69) is 15.5 Å². The van der Waals surface area contributed by atoms with Crippen molar-refractivity contribution >= 4 is 5.57 Å². The molecule has 0 saturated heterocycles. The molecule has 1 aromatic carbocycles. The van der Waals surface area contributed by atoms with Crippen molar-refractivity contribution < 1.29 is 19.7 Å². The van der Waals surface area contributed by atoms with Crippen LogP contribution in [0, 0.1) is 5.92 Å². The number of hydrogen-bond donors (Lipinski definition) is 2. The minimum atomic E-state index is -0.988. The smallest absolute Gasteiger partial charge is 0.169 e. The summed E-state index contributed by atoms with van der Waals surface area (Å²) in [5.41, 5.74) is 0.412. The van der Waals surface area contributed by atoms with E-state index in [0.29, 0.717) is 30.3 Å². The third kappa shape index (κ3) is 4.50. The normalized spacial score (nSPS) is 21.4. The fourth-order valence-electron chi connectivity index (χ4n) is 3.99. The number of rotatable bonds is 9. The minimum absolute atomic E-state index is 0.0307. The van der Waals surface area contributed by atoms with Crippen LogP contribution < -0.4 is 4.74 Å². The van der Waals surface area contributed by atoms with Crippen LogP contribution >= 0.6 is 0 Å². The van der Waals surface area contributed by atoms with Gasteiger partial charge in [0.2, 0.25) is 0 Å². The van der Waals surface area contributed by atoms with Crippen molar-refractivity contribution in [1.29, 1.82) is 0 Å². The van der Waals surface area contributed by atoms with Gasteiger partial charge < -0.3 is 19.7 Å². The molecule has 168 valence electrons. The second-order valence-corrected chi connectivity index (χ2v) is 8.32. The summed E-state index contributed by atoms with van der Waals surface area (Å²) < 4.78 is 12.8. The largest absolute Gasteiger partial charge is 0.511 e. The highest BCUT2D eigenvalue weighted by atomic mass is 16.5. The molecule has 1 aromatic heterocycles. The number of benzene rings is 1. The molecule has 0 amide bonds. The average Bonchev–Trinajstić information content (AvgIpc) is 3.20. The maximum absolute atomic E-state index is 11.1. The van der Waals surface area contributed by atoms with E-state index in [1.54, 1.807) is 11.8 Å². The number of para-hydroxylation sites is 1. The molecule has 0 fully saturated rings. The van der Waals surface area contributed by atoms with Crippen molar-refractivity contribution in [3.05, 3.63) is 53.6 Å². The summed E-state index contributed by atoms with van der Waals surface area (Å²) in [7, 11) is 1.59. The Morgan fingerprint density at radius 3 is 2.61 bits per heavy atom. The molecule has 8 nitrogen and oxygen atoms in total. The first-order valence-electron chi connectivity index (χ1n) is 10.6. The van der Waals surface area contributed by atoms with Crippen LogP contribution in [0.15, 0.2) is 42.2 Å². The summed E-state index contributed by atoms with van der Waals surface area (Å²) in [5.74, 6) is 1.12.